The van der Waals surface area contributed by atoms with Gasteiger partial charge in [-0.1, -0.05) is 6.92 Å². The van der Waals surface area contributed by atoms with Gasteiger partial charge in [0.1, 0.15) is 6.04 Å². The fourth-order valence-electron chi connectivity index (χ4n) is 1.78. The number of amides is 1. The van der Waals surface area contributed by atoms with Crippen LogP contribution in [0.15, 0.2) is 0 Å². The van der Waals surface area contributed by atoms with Crippen molar-refractivity contribution in [2.45, 2.75) is 32.0 Å². The lowest BCUT2D eigenvalue weighted by Gasteiger charge is -2.36. The van der Waals surface area contributed by atoms with E-state index in [1.54, 1.807) is 6.92 Å². The topological polar surface area (TPSA) is 57.6 Å². The summed E-state index contributed by atoms with van der Waals surface area (Å²) in [5.74, 6) is -3.44. The zero-order chi connectivity index (χ0) is 12.5. The van der Waals surface area contributed by atoms with Crippen molar-refractivity contribution in [3.63, 3.8) is 0 Å². The lowest BCUT2D eigenvalue weighted by Crippen LogP contribution is -2.53. The Labute approximate surface area is 90.0 Å². The summed E-state index contributed by atoms with van der Waals surface area (Å²) in [6.45, 7) is 1.60. The molecule has 0 aromatic rings. The smallest absolute Gasteiger partial charge is 0.471 e. The number of hydrogen-bond donors (Lipinski definition) is 1. The van der Waals surface area contributed by atoms with Crippen molar-refractivity contribution in [1.82, 2.24) is 4.90 Å². The van der Waals surface area contributed by atoms with E-state index in [0.717, 1.165) is 0 Å². The Balaban J connectivity index is 2.85. The Bertz CT molecular complexity index is 303. The third kappa shape index (κ3) is 2.65. The van der Waals surface area contributed by atoms with Crippen LogP contribution in [0, 0.1) is 5.92 Å². The van der Waals surface area contributed by atoms with Crippen LogP contribution in [0.2, 0.25) is 0 Å². The molecule has 4 nitrogen and oxygen atoms in total. The summed E-state index contributed by atoms with van der Waals surface area (Å²) in [7, 11) is 0. The highest BCUT2D eigenvalue weighted by atomic mass is 19.4. The number of carbonyl (C=O) groups is 2. The van der Waals surface area contributed by atoms with Crippen LogP contribution in [0.5, 0.6) is 0 Å². The van der Waals surface area contributed by atoms with Gasteiger partial charge in [0.25, 0.3) is 0 Å². The third-order valence-electron chi connectivity index (χ3n) is 2.65. The minimum atomic E-state index is -5.01. The minimum Gasteiger partial charge on any atom is -0.480 e. The predicted molar refractivity (Wildman–Crippen MR) is 47.6 cm³/mol. The molecular formula is C9H12F3NO3. The number of nitrogens with zero attached hydrogens (tertiary/aromatic N) is 1. The quantitative estimate of drug-likeness (QED) is 0.749. The zero-order valence-corrected chi connectivity index (χ0v) is 8.62. The molecule has 1 aliphatic rings. The molecule has 1 saturated heterocycles. The lowest BCUT2D eigenvalue weighted by atomic mass is 9.92. The van der Waals surface area contributed by atoms with Gasteiger partial charge in [0.15, 0.2) is 0 Å². The van der Waals surface area contributed by atoms with Gasteiger partial charge in [0.05, 0.1) is 0 Å². The van der Waals surface area contributed by atoms with Gasteiger partial charge in [-0.25, -0.2) is 4.79 Å². The molecule has 0 aromatic carbocycles. The van der Waals surface area contributed by atoms with Gasteiger partial charge in [-0.3, -0.25) is 4.79 Å². The van der Waals surface area contributed by atoms with E-state index in [4.69, 9.17) is 5.11 Å². The second kappa shape index (κ2) is 4.31. The number of carboxylic acid groups (broad SMARTS) is 1. The summed E-state index contributed by atoms with van der Waals surface area (Å²) in [5.41, 5.74) is 0. The molecule has 1 rings (SSSR count). The van der Waals surface area contributed by atoms with Crippen molar-refractivity contribution in [2.75, 3.05) is 6.54 Å². The largest absolute Gasteiger partial charge is 0.480 e. The number of alkyl halides is 3. The number of aliphatic carboxylic acids is 1. The summed E-state index contributed by atoms with van der Waals surface area (Å²) in [6, 6.07) is -1.36. The van der Waals surface area contributed by atoms with E-state index in [9.17, 15) is 22.8 Å². The second-order valence-corrected chi connectivity index (χ2v) is 3.98. The summed E-state index contributed by atoms with van der Waals surface area (Å²) >= 11 is 0. The van der Waals surface area contributed by atoms with E-state index in [-0.39, 0.29) is 18.9 Å². The van der Waals surface area contributed by atoms with Gasteiger partial charge in [0, 0.05) is 6.54 Å². The Hall–Kier alpha value is -1.27. The Kier molecular flexibility index (Phi) is 3.44. The van der Waals surface area contributed by atoms with E-state index in [0.29, 0.717) is 11.3 Å². The first-order valence-electron chi connectivity index (χ1n) is 4.84. The first kappa shape index (κ1) is 12.8. The number of carbonyl (C=O) groups excluding carboxylic acids is 1. The van der Waals surface area contributed by atoms with E-state index in [1.807, 2.05) is 0 Å². The summed E-state index contributed by atoms with van der Waals surface area (Å²) in [4.78, 5) is 22.2. The molecule has 7 heteroatoms. The molecule has 0 spiro atoms. The molecule has 2 atom stereocenters. The van der Waals surface area contributed by atoms with Gasteiger partial charge in [-0.2, -0.15) is 13.2 Å². The van der Waals surface area contributed by atoms with Crippen molar-refractivity contribution >= 4 is 11.9 Å². The van der Waals surface area contributed by atoms with Crippen LogP contribution >= 0.6 is 0 Å². The standard InChI is InChI=1S/C9H12F3NO3/c1-5-2-3-13(6(4-5)7(14)15)8(16)9(10,11)12/h5-6H,2-4H2,1H3,(H,14,15). The van der Waals surface area contributed by atoms with Crippen LogP contribution in [0.4, 0.5) is 13.2 Å². The molecule has 0 radical (unpaired) electrons. The molecule has 1 fully saturated rings. The molecule has 0 aliphatic carbocycles. The number of piperidine rings is 1. The maximum atomic E-state index is 12.2. The van der Waals surface area contributed by atoms with Crippen LogP contribution in [0.25, 0.3) is 0 Å². The van der Waals surface area contributed by atoms with E-state index in [2.05, 4.69) is 0 Å². The molecule has 1 amide bonds. The molecule has 1 N–H and O–H groups in total. The van der Waals surface area contributed by atoms with Crippen LogP contribution in [0.3, 0.4) is 0 Å². The summed E-state index contributed by atoms with van der Waals surface area (Å²) < 4.78 is 36.6. The van der Waals surface area contributed by atoms with Crippen LogP contribution in [-0.4, -0.2) is 40.6 Å². The molecular weight excluding hydrogens is 227 g/mol. The van der Waals surface area contributed by atoms with Crippen molar-refractivity contribution in [2.24, 2.45) is 5.92 Å². The van der Waals surface area contributed by atoms with Gasteiger partial charge in [-0.05, 0) is 18.8 Å². The molecule has 1 aliphatic heterocycles. The highest BCUT2D eigenvalue weighted by Gasteiger charge is 2.47. The van der Waals surface area contributed by atoms with Gasteiger partial charge >= 0.3 is 18.1 Å². The SMILES string of the molecule is CC1CCN(C(=O)C(F)(F)F)C(C(=O)O)C1. The number of likely N-dealkylation sites (tertiary alicyclic amines) is 1. The highest BCUT2D eigenvalue weighted by molar-refractivity contribution is 5.87. The fraction of sp³-hybridized carbons (Fsp3) is 0.778. The first-order valence-corrected chi connectivity index (χ1v) is 4.84. The monoisotopic (exact) mass is 239 g/mol. The van der Waals surface area contributed by atoms with E-state index < -0.39 is 24.1 Å². The normalized spacial score (nSPS) is 26.6. The maximum Gasteiger partial charge on any atom is 0.471 e. The van der Waals surface area contributed by atoms with Crippen molar-refractivity contribution in [3.05, 3.63) is 0 Å². The Morgan fingerprint density at radius 1 is 1.38 bits per heavy atom. The minimum absolute atomic E-state index is 0.0124. The van der Waals surface area contributed by atoms with Gasteiger partial charge in [-0.15, -0.1) is 0 Å². The Morgan fingerprint density at radius 2 is 1.94 bits per heavy atom. The lowest BCUT2D eigenvalue weighted by molar-refractivity contribution is -0.191. The van der Waals surface area contributed by atoms with Crippen LogP contribution < -0.4 is 0 Å². The van der Waals surface area contributed by atoms with Gasteiger partial charge < -0.3 is 10.0 Å². The highest BCUT2D eigenvalue weighted by Crippen LogP contribution is 2.27. The molecule has 0 saturated carbocycles. The van der Waals surface area contributed by atoms with Crippen molar-refractivity contribution < 1.29 is 27.9 Å². The Morgan fingerprint density at radius 3 is 2.38 bits per heavy atom. The fourth-order valence-corrected chi connectivity index (χ4v) is 1.78. The van der Waals surface area contributed by atoms with Crippen molar-refractivity contribution in [3.8, 4) is 0 Å². The second-order valence-electron chi connectivity index (χ2n) is 3.98. The molecule has 0 bridgehead atoms. The average Bonchev–Trinajstić information content (AvgIpc) is 2.15. The van der Waals surface area contributed by atoms with Crippen LogP contribution in [-0.2, 0) is 9.59 Å². The first-order chi connectivity index (χ1) is 7.23. The molecule has 16 heavy (non-hydrogen) atoms. The van der Waals surface area contributed by atoms with Gasteiger partial charge in [0.2, 0.25) is 0 Å². The van der Waals surface area contributed by atoms with Crippen molar-refractivity contribution in [1.29, 1.82) is 0 Å². The summed E-state index contributed by atoms with van der Waals surface area (Å²) in [5, 5.41) is 8.78. The molecule has 2 unspecified atom stereocenters. The third-order valence-corrected chi connectivity index (χ3v) is 2.65. The zero-order valence-electron chi connectivity index (χ0n) is 8.62. The molecule has 1 heterocycles. The number of carboxylic acids is 1. The number of halogens is 3. The average molecular weight is 239 g/mol. The molecule has 0 aromatic heterocycles. The number of rotatable bonds is 1. The predicted octanol–water partition coefficient (Wildman–Crippen LogP) is 1.26. The van der Waals surface area contributed by atoms with Crippen LogP contribution in [0.1, 0.15) is 19.8 Å². The molecule has 92 valence electrons. The number of hydrogen-bond acceptors (Lipinski definition) is 2. The summed E-state index contributed by atoms with van der Waals surface area (Å²) in [6.07, 6.45) is -4.54. The van der Waals surface area contributed by atoms with E-state index >= 15 is 0 Å². The maximum absolute atomic E-state index is 12.2. The van der Waals surface area contributed by atoms with E-state index in [1.165, 1.54) is 0 Å².